The molecule has 14 aromatic rings. The van der Waals surface area contributed by atoms with Crippen LogP contribution in [0.3, 0.4) is 0 Å². The minimum atomic E-state index is -0.431. The number of nitriles is 2. The highest BCUT2D eigenvalue weighted by molar-refractivity contribution is 6.22. The molecule has 0 fully saturated rings. The van der Waals surface area contributed by atoms with Crippen molar-refractivity contribution >= 4 is 105 Å². The van der Waals surface area contributed by atoms with E-state index >= 15 is 0 Å². The Hall–Kier alpha value is -10.3. The summed E-state index contributed by atoms with van der Waals surface area (Å²) in [6.45, 7) is 8.88. The van der Waals surface area contributed by atoms with Crippen LogP contribution in [-0.4, -0.2) is 18.3 Å². The van der Waals surface area contributed by atoms with Gasteiger partial charge in [-0.25, -0.2) is 0 Å². The molecule has 0 amide bonds. The minimum absolute atomic E-state index is 0.0907. The van der Waals surface area contributed by atoms with Crippen molar-refractivity contribution in [2.45, 2.75) is 45.1 Å². The molecule has 9 aromatic carbocycles. The van der Waals surface area contributed by atoms with Gasteiger partial charge in [-0.3, -0.25) is 0 Å². The van der Waals surface area contributed by atoms with Crippen LogP contribution in [0.4, 0.5) is 0 Å². The van der Waals surface area contributed by atoms with Gasteiger partial charge in [0.15, 0.2) is 5.58 Å². The maximum atomic E-state index is 12.9. The van der Waals surface area contributed by atoms with Crippen LogP contribution in [0, 0.1) is 22.7 Å². The summed E-state index contributed by atoms with van der Waals surface area (Å²) in [7, 11) is 0. The third kappa shape index (κ3) is 5.59. The van der Waals surface area contributed by atoms with E-state index in [4.69, 9.17) is 9.15 Å². The van der Waals surface area contributed by atoms with E-state index in [0.717, 1.165) is 121 Å². The molecule has 0 spiro atoms. The Morgan fingerprint density at radius 3 is 1.61 bits per heavy atom. The predicted molar refractivity (Wildman–Crippen MR) is 319 cm³/mol. The second-order valence-electron chi connectivity index (χ2n) is 22.5. The van der Waals surface area contributed by atoms with E-state index in [1.807, 2.05) is 18.2 Å². The fourth-order valence-corrected chi connectivity index (χ4v) is 14.0. The largest absolute Gasteiger partial charge is 0.483 e. The number of para-hydroxylation sites is 6. The van der Waals surface area contributed by atoms with Crippen molar-refractivity contribution in [3.05, 3.63) is 227 Å². The molecule has 1 aliphatic heterocycles. The van der Waals surface area contributed by atoms with E-state index in [0.29, 0.717) is 39.5 Å². The topological polar surface area (TPSA) is 89.7 Å². The standard InChI is InChI=1S/C71H46N6O2/c1-39-35-52-48-31-33-50-46-22-10-16-28-61(46)79-70(50)68(48)77(62(39)52)66-54(38-73)63(74-55-23-11-5-17-41(55)42-18-6-12-24-56(42)74)65(53(37-72)64(66)75-57-25-13-7-19-43(57)44-20-8-14-26-58(44)75)76-59-34-29-40(71(2,3)4)36-51(59)47-30-32-49-45-21-9-15-27-60(45)78-69(49)67(47)76/h5-36,50,70H,1-4H3. The molecule has 8 heteroatoms. The molecule has 3 aliphatic rings. The van der Waals surface area contributed by atoms with Gasteiger partial charge in [0.05, 0.1) is 67.2 Å². The second-order valence-corrected chi connectivity index (χ2v) is 22.5. The van der Waals surface area contributed by atoms with Gasteiger partial charge in [0.1, 0.15) is 40.7 Å². The van der Waals surface area contributed by atoms with Crippen molar-refractivity contribution in [3.63, 3.8) is 0 Å². The molecule has 2 atom stereocenters. The maximum Gasteiger partial charge on any atom is 0.160 e. The molecule has 5 aromatic heterocycles. The molecule has 0 saturated heterocycles. The highest BCUT2D eigenvalue weighted by Gasteiger charge is 2.45. The van der Waals surface area contributed by atoms with Gasteiger partial charge in [-0.1, -0.05) is 154 Å². The zero-order chi connectivity index (χ0) is 52.7. The van der Waals surface area contributed by atoms with Crippen LogP contribution in [0.15, 0.2) is 186 Å². The van der Waals surface area contributed by atoms with E-state index in [1.54, 1.807) is 0 Å². The third-order valence-electron chi connectivity index (χ3n) is 17.4. The minimum Gasteiger partial charge on any atom is -0.483 e. The Kier molecular flexibility index (Phi) is 8.58. The van der Waals surface area contributed by atoms with Crippen molar-refractivity contribution in [2.75, 3.05) is 0 Å². The van der Waals surface area contributed by atoms with E-state index in [9.17, 15) is 10.5 Å². The van der Waals surface area contributed by atoms with E-state index < -0.39 is 6.10 Å². The summed E-state index contributed by atoms with van der Waals surface area (Å²) in [4.78, 5) is 0. The number of aromatic nitrogens is 4. The van der Waals surface area contributed by atoms with Crippen molar-refractivity contribution in [3.8, 4) is 40.6 Å². The number of benzene rings is 9. The normalized spacial score (nSPS) is 15.4. The molecule has 0 N–H and O–H groups in total. The molecular formula is C71H46N6O2. The average molecular weight is 1020 g/mol. The molecule has 2 unspecified atom stereocenters. The van der Waals surface area contributed by atoms with E-state index in [1.165, 1.54) is 5.56 Å². The number of ether oxygens (including phenoxy) is 1. The Bertz CT molecular complexity index is 5170. The monoisotopic (exact) mass is 1010 g/mol. The fraction of sp³-hybridized carbons (Fsp3) is 0.0986. The molecule has 0 radical (unpaired) electrons. The number of nitrogens with zero attached hydrogens (tertiary/aromatic N) is 6. The Morgan fingerprint density at radius 1 is 0.494 bits per heavy atom. The van der Waals surface area contributed by atoms with Crippen LogP contribution >= 0.6 is 0 Å². The first-order chi connectivity index (χ1) is 38.7. The van der Waals surface area contributed by atoms with Gasteiger partial charge < -0.3 is 27.4 Å². The first-order valence-electron chi connectivity index (χ1n) is 27.0. The molecule has 17 rings (SSSR count). The van der Waals surface area contributed by atoms with Crippen LogP contribution in [0.2, 0.25) is 0 Å². The van der Waals surface area contributed by atoms with Gasteiger partial charge in [-0.2, -0.15) is 10.5 Å². The molecule has 372 valence electrons. The Labute approximate surface area is 453 Å². The third-order valence-corrected chi connectivity index (χ3v) is 17.4. The zero-order valence-electron chi connectivity index (χ0n) is 43.6. The number of rotatable bonds is 4. The highest BCUT2D eigenvalue weighted by Crippen LogP contribution is 2.57. The van der Waals surface area contributed by atoms with Gasteiger partial charge >= 0.3 is 0 Å². The quantitative estimate of drug-likeness (QED) is 0.176. The first kappa shape index (κ1) is 43.9. The molecule has 2 aliphatic carbocycles. The van der Waals surface area contributed by atoms with E-state index in [2.05, 4.69) is 234 Å². The van der Waals surface area contributed by atoms with Gasteiger partial charge in [0.2, 0.25) is 0 Å². The van der Waals surface area contributed by atoms with Crippen LogP contribution < -0.4 is 4.74 Å². The summed E-state index contributed by atoms with van der Waals surface area (Å²) < 4.78 is 23.4. The molecule has 79 heavy (non-hydrogen) atoms. The smallest absolute Gasteiger partial charge is 0.160 e. The highest BCUT2D eigenvalue weighted by atomic mass is 16.5. The molecule has 8 nitrogen and oxygen atoms in total. The van der Waals surface area contributed by atoms with Crippen molar-refractivity contribution < 1.29 is 9.15 Å². The lowest BCUT2D eigenvalue weighted by Crippen LogP contribution is -2.22. The zero-order valence-corrected chi connectivity index (χ0v) is 43.6. The summed E-state index contributed by atoms with van der Waals surface area (Å²) in [6, 6.07) is 67.4. The summed E-state index contributed by atoms with van der Waals surface area (Å²) in [5.74, 6) is 0.752. The Balaban J connectivity index is 1.16. The van der Waals surface area contributed by atoms with Crippen LogP contribution in [0.5, 0.6) is 5.75 Å². The van der Waals surface area contributed by atoms with Crippen LogP contribution in [0.1, 0.15) is 84.5 Å². The van der Waals surface area contributed by atoms with Gasteiger partial charge in [-0.05, 0) is 84.1 Å². The van der Waals surface area contributed by atoms with E-state index in [-0.39, 0.29) is 11.3 Å². The maximum absolute atomic E-state index is 12.9. The first-order valence-corrected chi connectivity index (χ1v) is 27.0. The predicted octanol–water partition coefficient (Wildman–Crippen LogP) is 17.8. The van der Waals surface area contributed by atoms with Gasteiger partial charge in [0.25, 0.3) is 0 Å². The summed E-state index contributed by atoms with van der Waals surface area (Å²) in [5, 5.41) is 33.9. The summed E-state index contributed by atoms with van der Waals surface area (Å²) in [6.07, 6.45) is 6.35. The number of hydrogen-bond acceptors (Lipinski definition) is 4. The fourth-order valence-electron chi connectivity index (χ4n) is 14.0. The number of fused-ring (bicyclic) bond motifs is 20. The summed E-state index contributed by atoms with van der Waals surface area (Å²) in [5.41, 5.74) is 17.2. The van der Waals surface area contributed by atoms with Gasteiger partial charge in [0, 0.05) is 65.7 Å². The molecule has 0 saturated carbocycles. The SMILES string of the molecule is CC1=Cc2c3c(n(-c4c(C#N)c(-n5c6ccccc6c6ccccc65)c(-n5c6ccc(C(C)(C)C)cc6c6ccc7c8ccccc8oc7c65)c(C#N)c4-n4c5ccccc5c5ccccc54)c21)C1Oc2ccccc2C1C=C3. The lowest BCUT2D eigenvalue weighted by Gasteiger charge is -2.30. The lowest BCUT2D eigenvalue weighted by molar-refractivity contribution is 0.216. The number of furan rings is 1. The number of hydrogen-bond donors (Lipinski definition) is 0. The second kappa shape index (κ2) is 15.4. The van der Waals surface area contributed by atoms with Crippen molar-refractivity contribution in [2.24, 2.45) is 0 Å². The van der Waals surface area contributed by atoms with Crippen LogP contribution in [0.25, 0.3) is 128 Å². The number of allylic oxidation sites excluding steroid dienone is 1. The molecular weight excluding hydrogens is 969 g/mol. The van der Waals surface area contributed by atoms with Crippen molar-refractivity contribution in [1.82, 2.24) is 18.3 Å². The lowest BCUT2D eigenvalue weighted by atomic mass is 9.85. The Morgan fingerprint density at radius 2 is 1.01 bits per heavy atom. The molecule has 0 bridgehead atoms. The average Bonchev–Trinajstić information content (AvgIpc) is 2.54. The summed E-state index contributed by atoms with van der Waals surface area (Å²) >= 11 is 0. The van der Waals surface area contributed by atoms with Crippen LogP contribution in [-0.2, 0) is 5.41 Å². The van der Waals surface area contributed by atoms with Gasteiger partial charge in [-0.15, -0.1) is 0 Å². The molecule has 6 heterocycles. The van der Waals surface area contributed by atoms with Crippen molar-refractivity contribution in [1.29, 1.82) is 10.5 Å².